The molecule has 122 valence electrons. The van der Waals surface area contributed by atoms with Crippen molar-refractivity contribution in [3.63, 3.8) is 0 Å². The van der Waals surface area contributed by atoms with E-state index in [1.807, 2.05) is 19.1 Å². The summed E-state index contributed by atoms with van der Waals surface area (Å²) in [5, 5.41) is 6.25. The zero-order valence-corrected chi connectivity index (χ0v) is 12.9. The smallest absolute Gasteiger partial charge is 0.329 e. The standard InChI is InChI=1S/C17H15N3O4/c1-11-2-5-13(6-3-11)19-16(21)17(22)20-18-9-12-4-7-14-15(8-12)24-10-23-14/h2-9H,10H2,1H3,(H,19,21)(H,20,22)/b18-9-. The monoisotopic (exact) mass is 325 g/mol. The van der Waals surface area contributed by atoms with E-state index in [0.717, 1.165) is 5.56 Å². The van der Waals surface area contributed by atoms with Crippen molar-refractivity contribution in [3.05, 3.63) is 53.6 Å². The lowest BCUT2D eigenvalue weighted by atomic mass is 10.2. The van der Waals surface area contributed by atoms with Gasteiger partial charge in [-0.05, 0) is 42.8 Å². The van der Waals surface area contributed by atoms with Crippen LogP contribution in [0.1, 0.15) is 11.1 Å². The normalized spacial score (nSPS) is 12.2. The van der Waals surface area contributed by atoms with E-state index in [4.69, 9.17) is 9.47 Å². The van der Waals surface area contributed by atoms with Crippen molar-refractivity contribution in [3.8, 4) is 11.5 Å². The van der Waals surface area contributed by atoms with E-state index in [-0.39, 0.29) is 6.79 Å². The van der Waals surface area contributed by atoms with E-state index < -0.39 is 11.8 Å². The average molecular weight is 325 g/mol. The molecule has 7 heteroatoms. The lowest BCUT2D eigenvalue weighted by molar-refractivity contribution is -0.136. The van der Waals surface area contributed by atoms with Gasteiger partial charge in [-0.2, -0.15) is 5.10 Å². The van der Waals surface area contributed by atoms with Crippen LogP contribution in [-0.2, 0) is 9.59 Å². The molecule has 0 radical (unpaired) electrons. The lowest BCUT2D eigenvalue weighted by Crippen LogP contribution is -2.32. The highest BCUT2D eigenvalue weighted by Crippen LogP contribution is 2.31. The van der Waals surface area contributed by atoms with E-state index in [0.29, 0.717) is 22.7 Å². The van der Waals surface area contributed by atoms with Gasteiger partial charge in [-0.3, -0.25) is 9.59 Å². The number of hydrogen-bond acceptors (Lipinski definition) is 5. The highest BCUT2D eigenvalue weighted by atomic mass is 16.7. The third kappa shape index (κ3) is 3.70. The van der Waals surface area contributed by atoms with E-state index in [1.54, 1.807) is 30.3 Å². The molecular weight excluding hydrogens is 310 g/mol. The van der Waals surface area contributed by atoms with Crippen molar-refractivity contribution in [2.24, 2.45) is 5.10 Å². The maximum absolute atomic E-state index is 11.8. The minimum Gasteiger partial charge on any atom is -0.454 e. The third-order valence-electron chi connectivity index (χ3n) is 3.29. The Bertz CT molecular complexity index is 800. The Balaban J connectivity index is 1.54. The molecule has 2 aromatic rings. The van der Waals surface area contributed by atoms with Gasteiger partial charge in [0.1, 0.15) is 0 Å². The van der Waals surface area contributed by atoms with Crippen molar-refractivity contribution in [2.45, 2.75) is 6.92 Å². The van der Waals surface area contributed by atoms with Crippen LogP contribution in [0.2, 0.25) is 0 Å². The number of nitrogens with zero attached hydrogens (tertiary/aromatic N) is 1. The van der Waals surface area contributed by atoms with Gasteiger partial charge in [-0.1, -0.05) is 17.7 Å². The topological polar surface area (TPSA) is 89.0 Å². The van der Waals surface area contributed by atoms with Gasteiger partial charge in [0, 0.05) is 5.69 Å². The van der Waals surface area contributed by atoms with Crippen LogP contribution in [0.5, 0.6) is 11.5 Å². The summed E-state index contributed by atoms with van der Waals surface area (Å²) in [6.45, 7) is 2.12. The van der Waals surface area contributed by atoms with Crippen LogP contribution in [-0.4, -0.2) is 24.8 Å². The summed E-state index contributed by atoms with van der Waals surface area (Å²) in [6, 6.07) is 12.3. The number of ether oxygens (including phenoxy) is 2. The van der Waals surface area contributed by atoms with Gasteiger partial charge < -0.3 is 14.8 Å². The summed E-state index contributed by atoms with van der Waals surface area (Å²) in [4.78, 5) is 23.5. The molecule has 1 aliphatic rings. The first kappa shape index (κ1) is 15.5. The predicted molar refractivity (Wildman–Crippen MR) is 88.1 cm³/mol. The summed E-state index contributed by atoms with van der Waals surface area (Å²) in [5.74, 6) is -0.370. The highest BCUT2D eigenvalue weighted by Gasteiger charge is 2.14. The van der Waals surface area contributed by atoms with Crippen LogP contribution in [0.25, 0.3) is 0 Å². The molecule has 0 unspecified atom stereocenters. The fourth-order valence-corrected chi connectivity index (χ4v) is 2.03. The van der Waals surface area contributed by atoms with Gasteiger partial charge in [0.25, 0.3) is 0 Å². The fraction of sp³-hybridized carbons (Fsp3) is 0.118. The molecule has 2 N–H and O–H groups in total. The molecule has 7 nitrogen and oxygen atoms in total. The number of hydrazone groups is 1. The molecule has 2 aromatic carbocycles. The fourth-order valence-electron chi connectivity index (χ4n) is 2.03. The summed E-state index contributed by atoms with van der Waals surface area (Å²) in [7, 11) is 0. The Morgan fingerprint density at radius 1 is 1.04 bits per heavy atom. The van der Waals surface area contributed by atoms with Crippen molar-refractivity contribution in [1.82, 2.24) is 5.43 Å². The number of amides is 2. The number of fused-ring (bicyclic) bond motifs is 1. The van der Waals surface area contributed by atoms with Crippen LogP contribution in [0.4, 0.5) is 5.69 Å². The van der Waals surface area contributed by atoms with Crippen LogP contribution >= 0.6 is 0 Å². The summed E-state index contributed by atoms with van der Waals surface area (Å²) >= 11 is 0. The maximum Gasteiger partial charge on any atom is 0.329 e. The minimum absolute atomic E-state index is 0.186. The van der Waals surface area contributed by atoms with Gasteiger partial charge in [0.2, 0.25) is 6.79 Å². The van der Waals surface area contributed by atoms with Gasteiger partial charge in [-0.25, -0.2) is 5.43 Å². The molecule has 0 spiro atoms. The predicted octanol–water partition coefficient (Wildman–Crippen LogP) is 1.81. The van der Waals surface area contributed by atoms with E-state index in [2.05, 4.69) is 15.8 Å². The molecule has 0 bridgehead atoms. The molecule has 0 saturated heterocycles. The Morgan fingerprint density at radius 2 is 1.79 bits per heavy atom. The molecule has 0 atom stereocenters. The number of benzene rings is 2. The number of hydrogen-bond donors (Lipinski definition) is 2. The number of aryl methyl sites for hydroxylation is 1. The molecular formula is C17H15N3O4. The molecule has 1 heterocycles. The SMILES string of the molecule is Cc1ccc(NC(=O)C(=O)N/N=C\c2ccc3c(c2)OCO3)cc1. The molecule has 0 aliphatic carbocycles. The second-order valence-electron chi connectivity index (χ2n) is 5.13. The van der Waals surface area contributed by atoms with E-state index in [9.17, 15) is 9.59 Å². The zero-order valence-electron chi connectivity index (χ0n) is 12.9. The first-order valence-corrected chi connectivity index (χ1v) is 7.22. The Kier molecular flexibility index (Phi) is 4.42. The molecule has 0 fully saturated rings. The van der Waals surface area contributed by atoms with Gasteiger partial charge in [0.05, 0.1) is 6.21 Å². The first-order valence-electron chi connectivity index (χ1n) is 7.22. The maximum atomic E-state index is 11.8. The quantitative estimate of drug-likeness (QED) is 0.512. The molecule has 2 amide bonds. The van der Waals surface area contributed by atoms with E-state index in [1.165, 1.54) is 6.21 Å². The third-order valence-corrected chi connectivity index (χ3v) is 3.29. The Labute approximate surface area is 138 Å². The van der Waals surface area contributed by atoms with Gasteiger partial charge in [0.15, 0.2) is 11.5 Å². The van der Waals surface area contributed by atoms with Gasteiger partial charge in [-0.15, -0.1) is 0 Å². The summed E-state index contributed by atoms with van der Waals surface area (Å²) in [6.07, 6.45) is 1.42. The average Bonchev–Trinajstić information content (AvgIpc) is 3.04. The van der Waals surface area contributed by atoms with Crippen molar-refractivity contribution >= 4 is 23.7 Å². The van der Waals surface area contributed by atoms with Gasteiger partial charge >= 0.3 is 11.8 Å². The largest absolute Gasteiger partial charge is 0.454 e. The van der Waals surface area contributed by atoms with Crippen molar-refractivity contribution < 1.29 is 19.1 Å². The number of carbonyl (C=O) groups is 2. The molecule has 3 rings (SSSR count). The molecule has 0 saturated carbocycles. The first-order chi connectivity index (χ1) is 11.6. The minimum atomic E-state index is -0.854. The van der Waals surface area contributed by atoms with Crippen LogP contribution in [0.3, 0.4) is 0 Å². The summed E-state index contributed by atoms with van der Waals surface area (Å²) < 4.78 is 10.4. The Morgan fingerprint density at radius 3 is 2.58 bits per heavy atom. The van der Waals surface area contributed by atoms with Crippen molar-refractivity contribution in [2.75, 3.05) is 12.1 Å². The molecule has 0 aromatic heterocycles. The highest BCUT2D eigenvalue weighted by molar-refractivity contribution is 6.39. The number of nitrogens with one attached hydrogen (secondary N) is 2. The Hall–Kier alpha value is -3.35. The number of carbonyl (C=O) groups excluding carboxylic acids is 2. The lowest BCUT2D eigenvalue weighted by Gasteiger charge is -2.04. The number of anilines is 1. The number of rotatable bonds is 3. The van der Waals surface area contributed by atoms with E-state index >= 15 is 0 Å². The second kappa shape index (κ2) is 6.82. The van der Waals surface area contributed by atoms with Crippen molar-refractivity contribution in [1.29, 1.82) is 0 Å². The molecule has 1 aliphatic heterocycles. The molecule has 24 heavy (non-hydrogen) atoms. The zero-order chi connectivity index (χ0) is 16.9. The van der Waals surface area contributed by atoms with Crippen LogP contribution in [0.15, 0.2) is 47.6 Å². The summed E-state index contributed by atoms with van der Waals surface area (Å²) in [5.41, 5.74) is 4.49. The second-order valence-corrected chi connectivity index (χ2v) is 5.13. The van der Waals surface area contributed by atoms with Crippen LogP contribution in [0, 0.1) is 6.92 Å². The van der Waals surface area contributed by atoms with Crippen LogP contribution < -0.4 is 20.2 Å².